The maximum Gasteiger partial charge on any atom is 0.246 e. The van der Waals surface area contributed by atoms with E-state index in [-0.39, 0.29) is 67.4 Å². The Labute approximate surface area is 548 Å². The number of amides is 11. The van der Waals surface area contributed by atoms with Gasteiger partial charge in [0.25, 0.3) is 0 Å². The smallest absolute Gasteiger partial charge is 0.246 e. The van der Waals surface area contributed by atoms with Gasteiger partial charge in [-0.15, -0.1) is 0 Å². The Hall–Kier alpha value is -5.69. The lowest BCUT2D eigenvalue weighted by atomic mass is 9.91. The van der Waals surface area contributed by atoms with Crippen molar-refractivity contribution >= 4 is 73.3 Å². The highest BCUT2D eigenvalue weighted by Crippen LogP contribution is 2.40. The van der Waals surface area contributed by atoms with Crippen LogP contribution in [0, 0.1) is 41.4 Å². The van der Waals surface area contributed by atoms with Crippen LogP contribution >= 0.6 is 0 Å². The fraction of sp³-hybridized carbons (Fsp3) is 0.833. The van der Waals surface area contributed by atoms with Gasteiger partial charge in [-0.25, -0.2) is 0 Å². The first-order valence-corrected chi connectivity index (χ1v) is 36.0. The van der Waals surface area contributed by atoms with Crippen LogP contribution in [-0.2, 0) is 57.2 Å². The molecule has 0 aromatic rings. The molecule has 0 spiro atoms. The molecule has 11 amide bonds. The Balaban J connectivity index is 4.53. The second kappa shape index (κ2) is 36.1. The predicted octanol–water partition coefficient (Wildman–Crippen LogP) is 4.68. The number of nitrogens with one attached hydrogen (secondary N) is 4. The SMILES string of the molecule is CC[C@@H]1NC(=O)[C@H]([C@H](O[Si](C)(C)C(C)(C)C)[C@H](C)CCN)N(C)C(=O)[C@H](C(C)C)N(C)C(=O)[C@H](CC(C)C)N(C)C(=O)[C@H](CC(C)C)N(C)C(=O)[C@@H](C)NC(=O)[C@H](C)NC(=O)[C@H](CC(C)C)N(C)C(=O)[C@H](C(C)C)NC(=O)[C@H](CC(C)C)N(C)C(=O)CN(C)C1=O. The van der Waals surface area contributed by atoms with Gasteiger partial charge in [0.15, 0.2) is 8.32 Å². The number of carbonyl (C=O) groups is 11. The average Bonchev–Trinajstić information content (AvgIpc) is 0.816. The third kappa shape index (κ3) is 23.1. The van der Waals surface area contributed by atoms with Gasteiger partial charge in [-0.05, 0) is 118 Å². The zero-order valence-corrected chi connectivity index (χ0v) is 62.2. The molecular formula is C66H124N12O12Si. The maximum absolute atomic E-state index is 15.7. The van der Waals surface area contributed by atoms with E-state index in [9.17, 15) is 33.6 Å². The molecule has 1 heterocycles. The highest BCUT2D eigenvalue weighted by Gasteiger charge is 2.49. The zero-order chi connectivity index (χ0) is 71.0. The van der Waals surface area contributed by atoms with E-state index >= 15 is 19.2 Å². The lowest BCUT2D eigenvalue weighted by molar-refractivity contribution is -0.157. The second-order valence-corrected chi connectivity index (χ2v) is 34.5. The summed E-state index contributed by atoms with van der Waals surface area (Å²) >= 11 is 0. The third-order valence-electron chi connectivity index (χ3n) is 18.2. The molecule has 0 aliphatic carbocycles. The summed E-state index contributed by atoms with van der Waals surface area (Å²) in [5.41, 5.74) is 6.23. The van der Waals surface area contributed by atoms with E-state index in [1.807, 2.05) is 96.2 Å². The Morgan fingerprint density at radius 3 is 1.32 bits per heavy atom. The average molecular weight is 1310 g/mol. The number of nitrogens with two attached hydrogens (primary N) is 1. The number of hydrogen-bond donors (Lipinski definition) is 5. The molecule has 1 rings (SSSR count). The molecule has 1 aliphatic rings. The molecule has 0 bridgehead atoms. The van der Waals surface area contributed by atoms with Gasteiger partial charge in [-0.3, -0.25) is 52.7 Å². The molecular weight excluding hydrogens is 1180 g/mol. The molecule has 1 saturated heterocycles. The van der Waals surface area contributed by atoms with Gasteiger partial charge < -0.3 is 65.7 Å². The van der Waals surface area contributed by atoms with E-state index in [2.05, 4.69) is 21.3 Å². The van der Waals surface area contributed by atoms with Crippen molar-refractivity contribution in [2.45, 2.75) is 255 Å². The number of likely N-dealkylation sites (N-methyl/N-ethyl adjacent to an activating group) is 7. The highest BCUT2D eigenvalue weighted by atomic mass is 28.4. The third-order valence-corrected chi connectivity index (χ3v) is 22.6. The first-order valence-electron chi connectivity index (χ1n) is 33.1. The number of hydrogen-bond acceptors (Lipinski definition) is 13. The predicted molar refractivity (Wildman–Crippen MR) is 359 cm³/mol. The fourth-order valence-electron chi connectivity index (χ4n) is 11.3. The molecule has 0 aromatic heterocycles. The summed E-state index contributed by atoms with van der Waals surface area (Å²) < 4.78 is 7.19. The molecule has 1 aliphatic heterocycles. The Morgan fingerprint density at radius 2 is 0.890 bits per heavy atom. The van der Waals surface area contributed by atoms with Crippen LogP contribution in [0.5, 0.6) is 0 Å². The molecule has 6 N–H and O–H groups in total. The van der Waals surface area contributed by atoms with Crippen molar-refractivity contribution in [2.24, 2.45) is 47.2 Å². The number of rotatable bonds is 17. The van der Waals surface area contributed by atoms with Crippen molar-refractivity contribution in [1.82, 2.24) is 55.6 Å². The van der Waals surface area contributed by atoms with Crippen molar-refractivity contribution in [3.05, 3.63) is 0 Å². The van der Waals surface area contributed by atoms with Gasteiger partial charge in [0.05, 0.1) is 12.6 Å². The van der Waals surface area contributed by atoms with Crippen LogP contribution in [0.4, 0.5) is 0 Å². The lowest BCUT2D eigenvalue weighted by Crippen LogP contribution is -2.65. The molecule has 91 heavy (non-hydrogen) atoms. The minimum Gasteiger partial charge on any atom is -0.411 e. The van der Waals surface area contributed by atoms with E-state index in [0.717, 1.165) is 0 Å². The molecule has 12 atom stereocenters. The van der Waals surface area contributed by atoms with Crippen LogP contribution < -0.4 is 27.0 Å². The van der Waals surface area contributed by atoms with Crippen LogP contribution in [-0.4, -0.2) is 237 Å². The molecule has 24 nitrogen and oxygen atoms in total. The van der Waals surface area contributed by atoms with E-state index in [1.54, 1.807) is 34.6 Å². The molecule has 25 heteroatoms. The molecule has 0 aromatic carbocycles. The van der Waals surface area contributed by atoms with Gasteiger partial charge in [-0.1, -0.05) is 118 Å². The number of nitrogens with zero attached hydrogens (tertiary/aromatic N) is 7. The van der Waals surface area contributed by atoms with Gasteiger partial charge in [0.1, 0.15) is 60.4 Å². The normalized spacial score (nSPS) is 26.2. The summed E-state index contributed by atoms with van der Waals surface area (Å²) in [5, 5.41) is 10.9. The topological polar surface area (TPSA) is 294 Å². The molecule has 0 unspecified atom stereocenters. The highest BCUT2D eigenvalue weighted by molar-refractivity contribution is 6.74. The van der Waals surface area contributed by atoms with Crippen LogP contribution in [0.2, 0.25) is 18.1 Å². The summed E-state index contributed by atoms with van der Waals surface area (Å²) in [6.07, 6.45) is 0.0851. The quantitative estimate of drug-likeness (QED) is 0.124. The Kier molecular flexibility index (Phi) is 33.1. The van der Waals surface area contributed by atoms with Crippen molar-refractivity contribution < 1.29 is 57.2 Å². The van der Waals surface area contributed by atoms with E-state index < -0.39 is 164 Å². The van der Waals surface area contributed by atoms with E-state index in [1.165, 1.54) is 97.5 Å². The summed E-state index contributed by atoms with van der Waals surface area (Å²) in [4.78, 5) is 172. The maximum atomic E-state index is 15.7. The van der Waals surface area contributed by atoms with Crippen molar-refractivity contribution in [2.75, 3.05) is 62.4 Å². The molecule has 524 valence electrons. The van der Waals surface area contributed by atoms with Gasteiger partial charge in [0, 0.05) is 49.3 Å². The first-order chi connectivity index (χ1) is 41.6. The summed E-state index contributed by atoms with van der Waals surface area (Å²) in [7, 11) is 7.40. The Bertz CT molecular complexity index is 2490. The van der Waals surface area contributed by atoms with E-state index in [0.29, 0.717) is 6.42 Å². The summed E-state index contributed by atoms with van der Waals surface area (Å²) in [6, 6.07) is -12.1. The standard InChI is InChI=1S/C66H124N12O12Si/c1-29-46-61(85)72(20)36-51(79)73(21)47(32-37(2)3)58(82)71-52(41(10)11)64(88)74(22)48(33-38(4)5)57(81)68-44(15)56(80)69-45(16)60(84)75(23)49(34-39(6)7)62(86)76(24)50(35-40(8)9)63(87)77(25)53(42(12)13)65(89)78(26)54(59(83)70-46)55(43(14)30-31-67)90-91(27,28)66(17,18)19/h37-50,52-55H,29-36,67H2,1-28H3,(H,68,81)(H,69,80)(H,70,83)(H,71,82)/t43-,44+,45-,46+,47+,48+,49+,50+,52+,53+,54+,55-/m1/s1. The number of carbonyl (C=O) groups excluding carboxylic acids is 11. The minimum atomic E-state index is -2.81. The lowest BCUT2D eigenvalue weighted by Gasteiger charge is -2.46. The van der Waals surface area contributed by atoms with Gasteiger partial charge in [0.2, 0.25) is 65.0 Å². The molecule has 0 saturated carbocycles. The monoisotopic (exact) mass is 1300 g/mol. The summed E-state index contributed by atoms with van der Waals surface area (Å²) in [6.45, 7) is 38.5. The summed E-state index contributed by atoms with van der Waals surface area (Å²) in [5.74, 6) is -9.14. The van der Waals surface area contributed by atoms with Crippen molar-refractivity contribution in [3.63, 3.8) is 0 Å². The van der Waals surface area contributed by atoms with Crippen molar-refractivity contribution in [3.8, 4) is 0 Å². The van der Waals surface area contributed by atoms with Crippen LogP contribution in [0.25, 0.3) is 0 Å². The van der Waals surface area contributed by atoms with E-state index in [4.69, 9.17) is 10.2 Å². The largest absolute Gasteiger partial charge is 0.411 e. The van der Waals surface area contributed by atoms with Crippen LogP contribution in [0.15, 0.2) is 0 Å². The first kappa shape index (κ1) is 83.3. The van der Waals surface area contributed by atoms with Crippen molar-refractivity contribution in [1.29, 1.82) is 0 Å². The van der Waals surface area contributed by atoms with Crippen LogP contribution in [0.3, 0.4) is 0 Å². The Morgan fingerprint density at radius 1 is 0.484 bits per heavy atom. The minimum absolute atomic E-state index is 0.0525. The molecule has 0 radical (unpaired) electrons. The molecule has 1 fully saturated rings. The fourth-order valence-corrected chi connectivity index (χ4v) is 12.7. The van der Waals surface area contributed by atoms with Gasteiger partial charge >= 0.3 is 0 Å². The van der Waals surface area contributed by atoms with Crippen LogP contribution in [0.1, 0.15) is 170 Å². The van der Waals surface area contributed by atoms with Gasteiger partial charge in [-0.2, -0.15) is 0 Å². The zero-order valence-electron chi connectivity index (χ0n) is 61.2. The second-order valence-electron chi connectivity index (χ2n) is 29.7.